The molecule has 0 radical (unpaired) electrons. The Labute approximate surface area is 116 Å². The van der Waals surface area contributed by atoms with Gasteiger partial charge >= 0.3 is 0 Å². The predicted molar refractivity (Wildman–Crippen MR) is 71.3 cm³/mol. The van der Waals surface area contributed by atoms with Crippen LogP contribution in [-0.4, -0.2) is 57.8 Å². The van der Waals surface area contributed by atoms with E-state index >= 15 is 0 Å². The third-order valence-corrected chi connectivity index (χ3v) is 3.29. The maximum Gasteiger partial charge on any atom is 0.255 e. The SMILES string of the molecule is CCNc1cc(C(=O)N2CC(O)C(O)C2)c(Cl)cn1. The third kappa shape index (κ3) is 2.97. The van der Waals surface area contributed by atoms with Gasteiger partial charge in [0.2, 0.25) is 0 Å². The van der Waals surface area contributed by atoms with Crippen molar-refractivity contribution in [1.82, 2.24) is 9.88 Å². The summed E-state index contributed by atoms with van der Waals surface area (Å²) < 4.78 is 0. The van der Waals surface area contributed by atoms with E-state index in [2.05, 4.69) is 10.3 Å². The summed E-state index contributed by atoms with van der Waals surface area (Å²) in [6.07, 6.45) is -0.397. The van der Waals surface area contributed by atoms with Crippen molar-refractivity contribution in [1.29, 1.82) is 0 Å². The van der Waals surface area contributed by atoms with Crippen molar-refractivity contribution in [3.8, 4) is 0 Å². The summed E-state index contributed by atoms with van der Waals surface area (Å²) in [6, 6.07) is 1.57. The van der Waals surface area contributed by atoms with Crippen LogP contribution in [0.5, 0.6) is 0 Å². The summed E-state index contributed by atoms with van der Waals surface area (Å²) >= 11 is 5.98. The molecule has 1 aromatic rings. The lowest BCUT2D eigenvalue weighted by molar-refractivity contribution is 0.0572. The van der Waals surface area contributed by atoms with E-state index in [1.807, 2.05) is 6.92 Å². The lowest BCUT2D eigenvalue weighted by Gasteiger charge is -2.16. The second-order valence-corrected chi connectivity index (χ2v) is 4.83. The average Bonchev–Trinajstić information content (AvgIpc) is 2.71. The maximum absolute atomic E-state index is 12.3. The monoisotopic (exact) mass is 285 g/mol. The zero-order chi connectivity index (χ0) is 14.0. The van der Waals surface area contributed by atoms with Crippen LogP contribution in [0, 0.1) is 0 Å². The van der Waals surface area contributed by atoms with Crippen LogP contribution in [0.25, 0.3) is 0 Å². The van der Waals surface area contributed by atoms with Gasteiger partial charge in [0.15, 0.2) is 0 Å². The number of nitrogens with zero attached hydrogens (tertiary/aromatic N) is 2. The van der Waals surface area contributed by atoms with Crippen LogP contribution >= 0.6 is 11.6 Å². The van der Waals surface area contributed by atoms with Gasteiger partial charge in [-0.3, -0.25) is 4.79 Å². The Morgan fingerprint density at radius 1 is 1.53 bits per heavy atom. The molecule has 1 amide bonds. The topological polar surface area (TPSA) is 85.7 Å². The zero-order valence-electron chi connectivity index (χ0n) is 10.5. The van der Waals surface area contributed by atoms with Gasteiger partial charge in [-0.05, 0) is 13.0 Å². The van der Waals surface area contributed by atoms with Gasteiger partial charge in [0.05, 0.1) is 22.8 Å². The van der Waals surface area contributed by atoms with Crippen molar-refractivity contribution < 1.29 is 15.0 Å². The molecule has 1 aliphatic rings. The molecule has 0 spiro atoms. The Kier molecular flexibility index (Phi) is 4.24. The van der Waals surface area contributed by atoms with E-state index in [-0.39, 0.29) is 24.0 Å². The molecule has 2 unspecified atom stereocenters. The molecule has 0 saturated carbocycles. The summed E-state index contributed by atoms with van der Waals surface area (Å²) in [6.45, 7) is 2.82. The summed E-state index contributed by atoms with van der Waals surface area (Å²) in [7, 11) is 0. The highest BCUT2D eigenvalue weighted by molar-refractivity contribution is 6.33. The first-order valence-corrected chi connectivity index (χ1v) is 6.45. The fourth-order valence-electron chi connectivity index (χ4n) is 1.99. The first-order valence-electron chi connectivity index (χ1n) is 6.07. The number of rotatable bonds is 3. The minimum atomic E-state index is -0.905. The van der Waals surface area contributed by atoms with E-state index in [1.54, 1.807) is 6.07 Å². The minimum absolute atomic E-state index is 0.106. The number of amides is 1. The second-order valence-electron chi connectivity index (χ2n) is 4.42. The molecule has 1 fully saturated rings. The van der Waals surface area contributed by atoms with Crippen LogP contribution in [0.4, 0.5) is 5.82 Å². The molecule has 0 aromatic carbocycles. The number of halogens is 1. The highest BCUT2D eigenvalue weighted by atomic mass is 35.5. The summed E-state index contributed by atoms with van der Waals surface area (Å²) in [5, 5.41) is 22.2. The molecule has 2 atom stereocenters. The summed E-state index contributed by atoms with van der Waals surface area (Å²) in [5.41, 5.74) is 0.314. The van der Waals surface area contributed by atoms with Gasteiger partial charge in [0, 0.05) is 25.8 Å². The number of hydrogen-bond acceptors (Lipinski definition) is 5. The summed E-state index contributed by atoms with van der Waals surface area (Å²) in [5.74, 6) is 0.248. The number of aliphatic hydroxyl groups excluding tert-OH is 2. The van der Waals surface area contributed by atoms with E-state index in [0.717, 1.165) is 0 Å². The minimum Gasteiger partial charge on any atom is -0.388 e. The quantitative estimate of drug-likeness (QED) is 0.746. The van der Waals surface area contributed by atoms with Gasteiger partial charge in [0.25, 0.3) is 5.91 Å². The Bertz CT molecular complexity index is 473. The van der Waals surface area contributed by atoms with Crippen LogP contribution in [-0.2, 0) is 0 Å². The average molecular weight is 286 g/mol. The van der Waals surface area contributed by atoms with E-state index in [0.29, 0.717) is 17.9 Å². The number of anilines is 1. The van der Waals surface area contributed by atoms with Gasteiger partial charge < -0.3 is 20.4 Å². The molecular weight excluding hydrogens is 270 g/mol. The normalized spacial score (nSPS) is 22.6. The Hall–Kier alpha value is -1.37. The number of hydrogen-bond donors (Lipinski definition) is 3. The molecule has 19 heavy (non-hydrogen) atoms. The molecule has 104 valence electrons. The molecule has 1 aromatic heterocycles. The molecule has 7 heteroatoms. The second kappa shape index (κ2) is 5.73. The Morgan fingerprint density at radius 2 is 2.16 bits per heavy atom. The molecule has 1 aliphatic heterocycles. The highest BCUT2D eigenvalue weighted by Crippen LogP contribution is 2.22. The van der Waals surface area contributed by atoms with E-state index in [9.17, 15) is 15.0 Å². The first kappa shape index (κ1) is 14.0. The number of β-amino-alcohol motifs (C(OH)–C–C–N with tert-alkyl or cyclic N) is 2. The van der Waals surface area contributed by atoms with Gasteiger partial charge in [-0.25, -0.2) is 4.98 Å². The van der Waals surface area contributed by atoms with Crippen molar-refractivity contribution >= 4 is 23.3 Å². The molecule has 3 N–H and O–H groups in total. The van der Waals surface area contributed by atoms with E-state index in [4.69, 9.17) is 11.6 Å². The third-order valence-electron chi connectivity index (χ3n) is 2.99. The molecule has 1 saturated heterocycles. The van der Waals surface area contributed by atoms with Crippen molar-refractivity contribution in [3.63, 3.8) is 0 Å². The molecule has 2 rings (SSSR count). The fraction of sp³-hybridized carbons (Fsp3) is 0.500. The standard InChI is InChI=1S/C12H16ClN3O3/c1-2-14-11-3-7(8(13)4-15-11)12(19)16-5-9(17)10(18)6-16/h3-4,9-10,17-18H,2,5-6H2,1H3,(H,14,15). The van der Waals surface area contributed by atoms with Gasteiger partial charge in [0.1, 0.15) is 5.82 Å². The van der Waals surface area contributed by atoms with Gasteiger partial charge in [-0.2, -0.15) is 0 Å². The first-order chi connectivity index (χ1) is 9.02. The molecular formula is C12H16ClN3O3. The van der Waals surface area contributed by atoms with Crippen LogP contribution in [0.1, 0.15) is 17.3 Å². The van der Waals surface area contributed by atoms with Crippen LogP contribution in [0.2, 0.25) is 5.02 Å². The predicted octanol–water partition coefficient (Wildman–Crippen LogP) is 0.344. The number of likely N-dealkylation sites (tertiary alicyclic amines) is 1. The molecule has 2 heterocycles. The zero-order valence-corrected chi connectivity index (χ0v) is 11.3. The molecule has 0 aliphatic carbocycles. The fourth-order valence-corrected chi connectivity index (χ4v) is 2.17. The van der Waals surface area contributed by atoms with Gasteiger partial charge in [-0.15, -0.1) is 0 Å². The number of aliphatic hydroxyl groups is 2. The summed E-state index contributed by atoms with van der Waals surface area (Å²) in [4.78, 5) is 17.7. The van der Waals surface area contributed by atoms with Crippen LogP contribution in [0.15, 0.2) is 12.3 Å². The number of aromatic nitrogens is 1. The largest absolute Gasteiger partial charge is 0.388 e. The van der Waals surface area contributed by atoms with Crippen molar-refractivity contribution in [2.45, 2.75) is 19.1 Å². The smallest absolute Gasteiger partial charge is 0.255 e. The Morgan fingerprint density at radius 3 is 2.74 bits per heavy atom. The number of pyridine rings is 1. The van der Waals surface area contributed by atoms with Gasteiger partial charge in [-0.1, -0.05) is 11.6 Å². The van der Waals surface area contributed by atoms with E-state index < -0.39 is 12.2 Å². The van der Waals surface area contributed by atoms with Crippen molar-refractivity contribution in [2.75, 3.05) is 25.0 Å². The van der Waals surface area contributed by atoms with Crippen LogP contribution < -0.4 is 5.32 Å². The van der Waals surface area contributed by atoms with Crippen molar-refractivity contribution in [2.24, 2.45) is 0 Å². The van der Waals surface area contributed by atoms with Crippen molar-refractivity contribution in [3.05, 3.63) is 22.8 Å². The number of carbonyl (C=O) groups excluding carboxylic acids is 1. The number of carbonyl (C=O) groups is 1. The molecule has 6 nitrogen and oxygen atoms in total. The maximum atomic E-state index is 12.3. The Balaban J connectivity index is 2.21. The number of nitrogens with one attached hydrogen (secondary N) is 1. The molecule has 0 bridgehead atoms. The van der Waals surface area contributed by atoms with Crippen LogP contribution in [0.3, 0.4) is 0 Å². The lowest BCUT2D eigenvalue weighted by Crippen LogP contribution is -2.30. The van der Waals surface area contributed by atoms with E-state index in [1.165, 1.54) is 11.1 Å². The lowest BCUT2D eigenvalue weighted by atomic mass is 10.2. The highest BCUT2D eigenvalue weighted by Gasteiger charge is 2.33.